The number of benzene rings is 3. The number of aromatic carboxylic acids is 1. The molecule has 0 atom stereocenters. The quantitative estimate of drug-likeness (QED) is 0.487. The maximum atomic E-state index is 12.9. The molecule has 2 amide bonds. The number of anilines is 1. The van der Waals surface area contributed by atoms with Gasteiger partial charge in [0.2, 0.25) is 0 Å². The number of rotatable bonds is 6. The smallest absolute Gasteiger partial charge is 0.335 e. The SMILES string of the molecule is Cc1ccc(C(=O)N/C(=C/c2ccc(Cl)cc2)C(=O)Nc2cccc(C(=O)O)c2)cc1. The van der Waals surface area contributed by atoms with Crippen LogP contribution in [0.15, 0.2) is 78.5 Å². The minimum atomic E-state index is -1.11. The molecule has 6 nitrogen and oxygen atoms in total. The number of hydrogen-bond acceptors (Lipinski definition) is 3. The van der Waals surface area contributed by atoms with Crippen LogP contribution >= 0.6 is 11.6 Å². The van der Waals surface area contributed by atoms with Gasteiger partial charge in [-0.15, -0.1) is 0 Å². The van der Waals surface area contributed by atoms with Crippen LogP contribution in [0, 0.1) is 6.92 Å². The Labute approximate surface area is 184 Å². The molecule has 0 unspecified atom stereocenters. The molecule has 0 aromatic heterocycles. The molecule has 0 bridgehead atoms. The highest BCUT2D eigenvalue weighted by Crippen LogP contribution is 2.15. The van der Waals surface area contributed by atoms with Gasteiger partial charge in [0.15, 0.2) is 0 Å². The van der Waals surface area contributed by atoms with E-state index >= 15 is 0 Å². The maximum absolute atomic E-state index is 12.9. The van der Waals surface area contributed by atoms with E-state index < -0.39 is 17.8 Å². The largest absolute Gasteiger partial charge is 0.478 e. The van der Waals surface area contributed by atoms with Gasteiger partial charge in [0, 0.05) is 16.3 Å². The summed E-state index contributed by atoms with van der Waals surface area (Å²) in [6, 6.07) is 19.5. The third-order valence-electron chi connectivity index (χ3n) is 4.35. The van der Waals surface area contributed by atoms with E-state index in [2.05, 4.69) is 10.6 Å². The van der Waals surface area contributed by atoms with Crippen LogP contribution in [0.25, 0.3) is 6.08 Å². The molecule has 3 rings (SSSR count). The summed E-state index contributed by atoms with van der Waals surface area (Å²) in [5, 5.41) is 14.9. The summed E-state index contributed by atoms with van der Waals surface area (Å²) in [6.45, 7) is 1.91. The van der Waals surface area contributed by atoms with Crippen molar-refractivity contribution < 1.29 is 19.5 Å². The molecule has 7 heteroatoms. The highest BCUT2D eigenvalue weighted by atomic mass is 35.5. The van der Waals surface area contributed by atoms with Gasteiger partial charge in [0.1, 0.15) is 5.70 Å². The molecular weight excluding hydrogens is 416 g/mol. The first kappa shape index (κ1) is 21.8. The summed E-state index contributed by atoms with van der Waals surface area (Å²) in [5.41, 5.74) is 2.37. The van der Waals surface area contributed by atoms with Gasteiger partial charge in [-0.3, -0.25) is 9.59 Å². The zero-order valence-electron chi connectivity index (χ0n) is 16.6. The van der Waals surface area contributed by atoms with Crippen molar-refractivity contribution in [2.24, 2.45) is 0 Å². The molecule has 3 aromatic rings. The monoisotopic (exact) mass is 434 g/mol. The van der Waals surface area contributed by atoms with Crippen LogP contribution < -0.4 is 10.6 Å². The van der Waals surface area contributed by atoms with Crippen LogP contribution in [0.2, 0.25) is 5.02 Å². The Hall–Kier alpha value is -3.90. The average Bonchev–Trinajstić information content (AvgIpc) is 2.75. The van der Waals surface area contributed by atoms with Gasteiger partial charge in [-0.1, -0.05) is 47.5 Å². The Morgan fingerprint density at radius 2 is 1.58 bits per heavy atom. The van der Waals surface area contributed by atoms with Crippen molar-refractivity contribution in [3.05, 3.63) is 106 Å². The van der Waals surface area contributed by atoms with Gasteiger partial charge < -0.3 is 15.7 Å². The zero-order valence-corrected chi connectivity index (χ0v) is 17.3. The average molecular weight is 435 g/mol. The number of halogens is 1. The van der Waals surface area contributed by atoms with E-state index in [1.165, 1.54) is 24.3 Å². The third-order valence-corrected chi connectivity index (χ3v) is 4.61. The van der Waals surface area contributed by atoms with E-state index in [0.29, 0.717) is 16.1 Å². The molecule has 0 aliphatic carbocycles. The lowest BCUT2D eigenvalue weighted by molar-refractivity contribution is -0.113. The molecule has 0 heterocycles. The van der Waals surface area contributed by atoms with Crippen molar-refractivity contribution in [3.8, 4) is 0 Å². The summed E-state index contributed by atoms with van der Waals surface area (Å²) in [5.74, 6) is -2.16. The molecule has 3 aromatic carbocycles. The first-order valence-corrected chi connectivity index (χ1v) is 9.69. The minimum Gasteiger partial charge on any atom is -0.478 e. The number of carboxylic acid groups (broad SMARTS) is 1. The summed E-state index contributed by atoms with van der Waals surface area (Å²) in [6.07, 6.45) is 1.51. The first-order chi connectivity index (χ1) is 14.8. The molecule has 0 saturated heterocycles. The topological polar surface area (TPSA) is 95.5 Å². The van der Waals surface area contributed by atoms with Crippen molar-refractivity contribution in [1.29, 1.82) is 0 Å². The van der Waals surface area contributed by atoms with E-state index in [9.17, 15) is 14.4 Å². The number of amides is 2. The van der Waals surface area contributed by atoms with Crippen molar-refractivity contribution in [2.45, 2.75) is 6.92 Å². The lowest BCUT2D eigenvalue weighted by atomic mass is 10.1. The van der Waals surface area contributed by atoms with Gasteiger partial charge in [0.05, 0.1) is 5.56 Å². The summed E-state index contributed by atoms with van der Waals surface area (Å²) in [4.78, 5) is 36.8. The van der Waals surface area contributed by atoms with Crippen molar-refractivity contribution in [1.82, 2.24) is 5.32 Å². The zero-order chi connectivity index (χ0) is 22.4. The predicted molar refractivity (Wildman–Crippen MR) is 120 cm³/mol. The molecule has 0 aliphatic heterocycles. The standard InChI is InChI=1S/C24H19ClN2O4/c1-15-5-9-17(10-6-15)22(28)27-21(13-16-7-11-19(25)12-8-16)23(29)26-20-4-2-3-18(14-20)24(30)31/h2-14H,1H3,(H,26,29)(H,27,28)(H,30,31)/b21-13+. The summed E-state index contributed by atoms with van der Waals surface area (Å²) >= 11 is 5.92. The number of carboxylic acids is 1. The summed E-state index contributed by atoms with van der Waals surface area (Å²) < 4.78 is 0. The molecule has 0 fully saturated rings. The fraction of sp³-hybridized carbons (Fsp3) is 0.0417. The van der Waals surface area contributed by atoms with E-state index in [4.69, 9.17) is 16.7 Å². The van der Waals surface area contributed by atoms with Crippen LogP contribution in [0.3, 0.4) is 0 Å². The van der Waals surface area contributed by atoms with Crippen LogP contribution in [-0.4, -0.2) is 22.9 Å². The second-order valence-electron chi connectivity index (χ2n) is 6.77. The molecule has 0 spiro atoms. The van der Waals surface area contributed by atoms with Crippen molar-refractivity contribution in [2.75, 3.05) is 5.32 Å². The number of hydrogen-bond donors (Lipinski definition) is 3. The highest BCUT2D eigenvalue weighted by molar-refractivity contribution is 6.30. The Kier molecular flexibility index (Phi) is 6.85. The second-order valence-corrected chi connectivity index (χ2v) is 7.21. The number of carbonyl (C=O) groups excluding carboxylic acids is 2. The number of aryl methyl sites for hydroxylation is 1. The number of carbonyl (C=O) groups is 3. The van der Waals surface area contributed by atoms with Gasteiger partial charge in [0.25, 0.3) is 11.8 Å². The lowest BCUT2D eigenvalue weighted by Gasteiger charge is -2.12. The predicted octanol–water partition coefficient (Wildman–Crippen LogP) is 4.76. The van der Waals surface area contributed by atoms with E-state index in [1.54, 1.807) is 54.6 Å². The fourth-order valence-corrected chi connectivity index (χ4v) is 2.84. The molecule has 0 saturated carbocycles. The van der Waals surface area contributed by atoms with Crippen LogP contribution in [-0.2, 0) is 4.79 Å². The second kappa shape index (κ2) is 9.73. The molecular formula is C24H19ClN2O4. The van der Waals surface area contributed by atoms with Gasteiger partial charge >= 0.3 is 5.97 Å². The number of nitrogens with one attached hydrogen (secondary N) is 2. The van der Waals surface area contributed by atoms with Crippen LogP contribution in [0.5, 0.6) is 0 Å². The van der Waals surface area contributed by atoms with Gasteiger partial charge in [-0.05, 0) is 61.0 Å². The fourth-order valence-electron chi connectivity index (χ4n) is 2.71. The van der Waals surface area contributed by atoms with E-state index in [1.807, 2.05) is 6.92 Å². The van der Waals surface area contributed by atoms with Gasteiger partial charge in [-0.2, -0.15) is 0 Å². The first-order valence-electron chi connectivity index (χ1n) is 9.32. The van der Waals surface area contributed by atoms with E-state index in [0.717, 1.165) is 5.56 Å². The Morgan fingerprint density at radius 3 is 2.23 bits per heavy atom. The molecule has 3 N–H and O–H groups in total. The summed E-state index contributed by atoms with van der Waals surface area (Å²) in [7, 11) is 0. The normalized spacial score (nSPS) is 11.0. The molecule has 31 heavy (non-hydrogen) atoms. The van der Waals surface area contributed by atoms with E-state index in [-0.39, 0.29) is 16.9 Å². The third kappa shape index (κ3) is 6.04. The lowest BCUT2D eigenvalue weighted by Crippen LogP contribution is -2.30. The Balaban J connectivity index is 1.89. The minimum absolute atomic E-state index is 0.00590. The maximum Gasteiger partial charge on any atom is 0.335 e. The molecule has 0 aliphatic rings. The van der Waals surface area contributed by atoms with Crippen molar-refractivity contribution in [3.63, 3.8) is 0 Å². The van der Waals surface area contributed by atoms with Crippen LogP contribution in [0.4, 0.5) is 5.69 Å². The molecule has 0 radical (unpaired) electrons. The highest BCUT2D eigenvalue weighted by Gasteiger charge is 2.16. The molecule has 156 valence electrons. The van der Waals surface area contributed by atoms with Gasteiger partial charge in [-0.25, -0.2) is 4.79 Å². The Bertz CT molecular complexity index is 1150. The van der Waals surface area contributed by atoms with Crippen LogP contribution in [0.1, 0.15) is 31.8 Å². The van der Waals surface area contributed by atoms with Crippen molar-refractivity contribution >= 4 is 41.1 Å². The Morgan fingerprint density at radius 1 is 0.903 bits per heavy atom.